The van der Waals surface area contributed by atoms with Crippen molar-refractivity contribution < 1.29 is 8.42 Å². The van der Waals surface area contributed by atoms with Gasteiger partial charge in [0, 0.05) is 6.54 Å². The highest BCUT2D eigenvalue weighted by Gasteiger charge is 2.17. The van der Waals surface area contributed by atoms with E-state index in [0.29, 0.717) is 18.9 Å². The minimum absolute atomic E-state index is 0.276. The number of nitrogens with one attached hydrogen (secondary N) is 1. The summed E-state index contributed by atoms with van der Waals surface area (Å²) in [4.78, 5) is 0. The molecule has 4 heteroatoms. The second-order valence-corrected chi connectivity index (χ2v) is 6.38. The van der Waals surface area contributed by atoms with Gasteiger partial charge in [0.15, 0.2) is 0 Å². The van der Waals surface area contributed by atoms with Crippen molar-refractivity contribution in [2.75, 3.05) is 6.54 Å². The van der Waals surface area contributed by atoms with Crippen LogP contribution in [0, 0.1) is 5.92 Å². The Bertz CT molecular complexity index is 235. The summed E-state index contributed by atoms with van der Waals surface area (Å²) in [5, 5.41) is -0.276. The molecule has 0 radical (unpaired) electrons. The molecular formula is C10H23NO2S. The van der Waals surface area contributed by atoms with Crippen molar-refractivity contribution in [1.29, 1.82) is 0 Å². The van der Waals surface area contributed by atoms with Crippen LogP contribution in [0.2, 0.25) is 0 Å². The molecule has 0 aliphatic carbocycles. The summed E-state index contributed by atoms with van der Waals surface area (Å²) in [7, 11) is -3.06. The van der Waals surface area contributed by atoms with E-state index >= 15 is 0 Å². The molecule has 3 nitrogen and oxygen atoms in total. The van der Waals surface area contributed by atoms with Crippen molar-refractivity contribution >= 4 is 10.0 Å². The van der Waals surface area contributed by atoms with Crippen LogP contribution in [0.4, 0.5) is 0 Å². The Kier molecular flexibility index (Phi) is 6.36. The van der Waals surface area contributed by atoms with Crippen LogP contribution in [0.15, 0.2) is 0 Å². The lowest BCUT2D eigenvalue weighted by Crippen LogP contribution is -2.32. The van der Waals surface area contributed by atoms with Gasteiger partial charge in [0.1, 0.15) is 0 Å². The van der Waals surface area contributed by atoms with Gasteiger partial charge >= 0.3 is 0 Å². The highest BCUT2D eigenvalue weighted by atomic mass is 32.2. The third-order valence-corrected chi connectivity index (χ3v) is 4.37. The molecule has 0 rings (SSSR count). The molecule has 0 heterocycles. The summed E-state index contributed by atoms with van der Waals surface area (Å²) in [5.41, 5.74) is 0. The lowest BCUT2D eigenvalue weighted by molar-refractivity contribution is 0.534. The van der Waals surface area contributed by atoms with Crippen molar-refractivity contribution in [3.05, 3.63) is 0 Å². The standard InChI is InChI=1S/C10H23NO2S/c1-5-10(4)14(12,13)11-8-6-7-9(2)3/h9-11H,5-8H2,1-4H3. The minimum atomic E-state index is -3.06. The lowest BCUT2D eigenvalue weighted by Gasteiger charge is -2.12. The van der Waals surface area contributed by atoms with Crippen LogP contribution in [0.5, 0.6) is 0 Å². The van der Waals surface area contributed by atoms with Crippen LogP contribution in [-0.2, 0) is 10.0 Å². The van der Waals surface area contributed by atoms with Crippen molar-refractivity contribution in [3.8, 4) is 0 Å². The van der Waals surface area contributed by atoms with E-state index in [0.717, 1.165) is 12.8 Å². The van der Waals surface area contributed by atoms with Crippen molar-refractivity contribution in [1.82, 2.24) is 4.72 Å². The summed E-state index contributed by atoms with van der Waals surface area (Å²) in [6, 6.07) is 0. The molecule has 0 amide bonds. The molecule has 1 N–H and O–H groups in total. The molecule has 14 heavy (non-hydrogen) atoms. The quantitative estimate of drug-likeness (QED) is 0.669. The van der Waals surface area contributed by atoms with Crippen LogP contribution in [0.1, 0.15) is 47.0 Å². The predicted molar refractivity (Wildman–Crippen MR) is 60.7 cm³/mol. The van der Waals surface area contributed by atoms with E-state index in [1.165, 1.54) is 0 Å². The molecule has 0 fully saturated rings. The zero-order valence-corrected chi connectivity index (χ0v) is 10.5. The first-order valence-corrected chi connectivity index (χ1v) is 6.93. The third kappa shape index (κ3) is 5.60. The van der Waals surface area contributed by atoms with Gasteiger partial charge in [0.2, 0.25) is 10.0 Å². The predicted octanol–water partition coefficient (Wildman–Crippen LogP) is 2.14. The van der Waals surface area contributed by atoms with E-state index in [4.69, 9.17) is 0 Å². The highest BCUT2D eigenvalue weighted by Crippen LogP contribution is 2.05. The van der Waals surface area contributed by atoms with Gasteiger partial charge in [-0.15, -0.1) is 0 Å². The summed E-state index contributed by atoms with van der Waals surface area (Å²) in [5.74, 6) is 0.642. The first kappa shape index (κ1) is 13.9. The number of hydrogen-bond donors (Lipinski definition) is 1. The Morgan fingerprint density at radius 1 is 1.21 bits per heavy atom. The van der Waals surface area contributed by atoms with Crippen LogP contribution in [-0.4, -0.2) is 20.2 Å². The Balaban J connectivity index is 3.78. The minimum Gasteiger partial charge on any atom is -0.215 e. The Hall–Kier alpha value is -0.0900. The molecule has 0 aliphatic heterocycles. The van der Waals surface area contributed by atoms with E-state index in [2.05, 4.69) is 18.6 Å². The van der Waals surface area contributed by atoms with Gasteiger partial charge in [-0.2, -0.15) is 0 Å². The molecule has 0 bridgehead atoms. The van der Waals surface area contributed by atoms with Crippen LogP contribution >= 0.6 is 0 Å². The fraction of sp³-hybridized carbons (Fsp3) is 1.00. The van der Waals surface area contributed by atoms with Crippen LogP contribution in [0.3, 0.4) is 0 Å². The molecule has 1 atom stereocenters. The van der Waals surface area contributed by atoms with E-state index in [1.807, 2.05) is 6.92 Å². The average molecular weight is 221 g/mol. The van der Waals surface area contributed by atoms with Gasteiger partial charge < -0.3 is 0 Å². The molecule has 0 saturated heterocycles. The Labute approximate surface area is 88.3 Å². The molecule has 0 spiro atoms. The topological polar surface area (TPSA) is 46.2 Å². The maximum atomic E-state index is 11.5. The SMILES string of the molecule is CCC(C)S(=O)(=O)NCCCC(C)C. The van der Waals surface area contributed by atoms with Gasteiger partial charge in [-0.25, -0.2) is 13.1 Å². The first-order chi connectivity index (χ1) is 6.40. The number of sulfonamides is 1. The summed E-state index contributed by atoms with van der Waals surface area (Å²) >= 11 is 0. The summed E-state index contributed by atoms with van der Waals surface area (Å²) in [6.45, 7) is 8.49. The summed E-state index contributed by atoms with van der Waals surface area (Å²) < 4.78 is 25.6. The first-order valence-electron chi connectivity index (χ1n) is 5.38. The monoisotopic (exact) mass is 221 g/mol. The molecule has 0 aromatic rings. The van der Waals surface area contributed by atoms with Crippen LogP contribution < -0.4 is 4.72 Å². The lowest BCUT2D eigenvalue weighted by atomic mass is 10.1. The molecule has 0 aromatic heterocycles. The van der Waals surface area contributed by atoms with Gasteiger partial charge in [0.25, 0.3) is 0 Å². The van der Waals surface area contributed by atoms with E-state index < -0.39 is 10.0 Å². The second kappa shape index (κ2) is 6.40. The maximum absolute atomic E-state index is 11.5. The normalized spacial score (nSPS) is 14.6. The Morgan fingerprint density at radius 3 is 2.21 bits per heavy atom. The fourth-order valence-electron chi connectivity index (χ4n) is 1.09. The zero-order chi connectivity index (χ0) is 11.2. The van der Waals surface area contributed by atoms with Crippen molar-refractivity contribution in [2.45, 2.75) is 52.2 Å². The fourth-order valence-corrected chi connectivity index (χ4v) is 2.24. The largest absolute Gasteiger partial charge is 0.215 e. The van der Waals surface area contributed by atoms with Crippen molar-refractivity contribution in [2.24, 2.45) is 5.92 Å². The molecule has 0 aliphatic rings. The smallest absolute Gasteiger partial charge is 0.214 e. The van der Waals surface area contributed by atoms with Gasteiger partial charge in [-0.05, 0) is 32.1 Å². The number of rotatable bonds is 7. The van der Waals surface area contributed by atoms with Crippen LogP contribution in [0.25, 0.3) is 0 Å². The van der Waals surface area contributed by atoms with E-state index in [9.17, 15) is 8.42 Å². The van der Waals surface area contributed by atoms with Gasteiger partial charge in [0.05, 0.1) is 5.25 Å². The van der Waals surface area contributed by atoms with Gasteiger partial charge in [-0.1, -0.05) is 20.8 Å². The summed E-state index contributed by atoms with van der Waals surface area (Å²) in [6.07, 6.45) is 2.66. The number of hydrogen-bond acceptors (Lipinski definition) is 2. The third-order valence-electron chi connectivity index (χ3n) is 2.37. The molecule has 0 aromatic carbocycles. The highest BCUT2D eigenvalue weighted by molar-refractivity contribution is 7.90. The zero-order valence-electron chi connectivity index (χ0n) is 9.71. The molecule has 86 valence electrons. The molecule has 0 saturated carbocycles. The molecular weight excluding hydrogens is 198 g/mol. The Morgan fingerprint density at radius 2 is 1.79 bits per heavy atom. The molecule has 1 unspecified atom stereocenters. The second-order valence-electron chi connectivity index (χ2n) is 4.19. The maximum Gasteiger partial charge on any atom is 0.214 e. The van der Waals surface area contributed by atoms with Gasteiger partial charge in [-0.3, -0.25) is 0 Å². The van der Waals surface area contributed by atoms with E-state index in [1.54, 1.807) is 6.92 Å². The average Bonchev–Trinajstić information content (AvgIpc) is 2.10. The van der Waals surface area contributed by atoms with Crippen molar-refractivity contribution in [3.63, 3.8) is 0 Å². The van der Waals surface area contributed by atoms with E-state index in [-0.39, 0.29) is 5.25 Å².